The molecule has 0 amide bonds. The minimum Gasteiger partial charge on any atom is -0.453 e. The third-order valence-corrected chi connectivity index (χ3v) is 2.85. The molecule has 0 unspecified atom stereocenters. The molecule has 2 aromatic carbocycles. The second-order valence-corrected chi connectivity index (χ2v) is 4.22. The molecule has 2 aromatic rings. The molecule has 1 aliphatic heterocycles. The van der Waals surface area contributed by atoms with Crippen molar-refractivity contribution >= 4 is 11.4 Å². The number of aryl methyl sites for hydroxylation is 1. The molecule has 2 N–H and O–H groups in total. The zero-order chi connectivity index (χ0) is 11.8. The topological polar surface area (TPSA) is 41.5 Å². The third-order valence-electron chi connectivity index (χ3n) is 2.85. The molecular weight excluding hydrogens is 214 g/mol. The van der Waals surface area contributed by atoms with E-state index in [4.69, 9.17) is 9.84 Å². The molecule has 0 aliphatic carbocycles. The van der Waals surface area contributed by atoms with Gasteiger partial charge in [-0.15, -0.1) is 0 Å². The van der Waals surface area contributed by atoms with Crippen molar-refractivity contribution in [3.8, 4) is 11.5 Å². The number of benzene rings is 2. The minimum atomic E-state index is 0.0251. The maximum Gasteiger partial charge on any atom is 0.151 e. The highest BCUT2D eigenvalue weighted by atomic mass is 16.5. The molecule has 0 radical (unpaired) electrons. The van der Waals surface area contributed by atoms with E-state index in [0.717, 1.165) is 34.0 Å². The maximum atomic E-state index is 9.10. The lowest BCUT2D eigenvalue weighted by Crippen LogP contribution is -2.03. The quantitative estimate of drug-likeness (QED) is 0.670. The normalized spacial score (nSPS) is 12.1. The molecular formula is C14H13NO2. The summed E-state index contributed by atoms with van der Waals surface area (Å²) >= 11 is 0. The van der Waals surface area contributed by atoms with Crippen LogP contribution in [-0.2, 0) is 6.61 Å². The van der Waals surface area contributed by atoms with E-state index in [1.165, 1.54) is 0 Å². The maximum absolute atomic E-state index is 9.10. The molecule has 0 atom stereocenters. The van der Waals surface area contributed by atoms with Crippen LogP contribution in [0.3, 0.4) is 0 Å². The summed E-state index contributed by atoms with van der Waals surface area (Å²) in [6.45, 7) is 2.06. The fourth-order valence-electron chi connectivity index (χ4n) is 1.93. The highest BCUT2D eigenvalue weighted by Crippen LogP contribution is 2.42. The first-order valence-corrected chi connectivity index (χ1v) is 5.55. The fourth-order valence-corrected chi connectivity index (χ4v) is 1.93. The lowest BCUT2D eigenvalue weighted by molar-refractivity contribution is 0.281. The average molecular weight is 227 g/mol. The van der Waals surface area contributed by atoms with Crippen LogP contribution in [0.5, 0.6) is 11.5 Å². The number of hydrogen-bond donors (Lipinski definition) is 2. The van der Waals surface area contributed by atoms with Gasteiger partial charge in [0.1, 0.15) is 0 Å². The van der Waals surface area contributed by atoms with Gasteiger partial charge in [0.2, 0.25) is 0 Å². The van der Waals surface area contributed by atoms with Crippen molar-refractivity contribution in [2.45, 2.75) is 13.5 Å². The second kappa shape index (κ2) is 3.79. The molecule has 1 heterocycles. The standard InChI is InChI=1S/C14H13NO2/c1-9-2-4-11-13(6-9)17-14-7-10(8-16)3-5-12(14)15-11/h2-7,15-16H,8H2,1H3. The van der Waals surface area contributed by atoms with E-state index in [0.29, 0.717) is 0 Å². The van der Waals surface area contributed by atoms with Crippen LogP contribution in [-0.4, -0.2) is 5.11 Å². The number of aliphatic hydroxyl groups excluding tert-OH is 1. The summed E-state index contributed by atoms with van der Waals surface area (Å²) in [6, 6.07) is 11.7. The van der Waals surface area contributed by atoms with Gasteiger partial charge in [-0.1, -0.05) is 12.1 Å². The lowest BCUT2D eigenvalue weighted by Gasteiger charge is -2.22. The van der Waals surface area contributed by atoms with Gasteiger partial charge in [0.15, 0.2) is 11.5 Å². The Hall–Kier alpha value is -2.00. The molecule has 0 saturated carbocycles. The zero-order valence-corrected chi connectivity index (χ0v) is 9.53. The van der Waals surface area contributed by atoms with Crippen LogP contribution >= 0.6 is 0 Å². The SMILES string of the molecule is Cc1ccc2c(c1)Oc1cc(CO)ccc1N2. The smallest absolute Gasteiger partial charge is 0.151 e. The van der Waals surface area contributed by atoms with Gasteiger partial charge < -0.3 is 15.2 Å². The van der Waals surface area contributed by atoms with Gasteiger partial charge in [0, 0.05) is 0 Å². The van der Waals surface area contributed by atoms with E-state index >= 15 is 0 Å². The van der Waals surface area contributed by atoms with Crippen molar-refractivity contribution in [2.24, 2.45) is 0 Å². The van der Waals surface area contributed by atoms with Gasteiger partial charge in [-0.05, 0) is 42.3 Å². The summed E-state index contributed by atoms with van der Waals surface area (Å²) in [6.07, 6.45) is 0. The predicted octanol–water partition coefficient (Wildman–Crippen LogP) is 3.34. The molecule has 1 aliphatic rings. The minimum absolute atomic E-state index is 0.0251. The summed E-state index contributed by atoms with van der Waals surface area (Å²) in [4.78, 5) is 0. The van der Waals surface area contributed by atoms with Crippen molar-refractivity contribution in [3.05, 3.63) is 47.5 Å². The Morgan fingerprint density at radius 2 is 1.76 bits per heavy atom. The largest absolute Gasteiger partial charge is 0.453 e. The Morgan fingerprint density at radius 3 is 2.53 bits per heavy atom. The summed E-state index contributed by atoms with van der Waals surface area (Å²) in [5, 5.41) is 12.4. The number of ether oxygens (including phenoxy) is 1. The van der Waals surface area contributed by atoms with E-state index < -0.39 is 0 Å². The molecule has 0 aromatic heterocycles. The van der Waals surface area contributed by atoms with Gasteiger partial charge in [-0.25, -0.2) is 0 Å². The number of nitrogens with one attached hydrogen (secondary N) is 1. The highest BCUT2D eigenvalue weighted by molar-refractivity contribution is 5.75. The zero-order valence-electron chi connectivity index (χ0n) is 9.53. The Kier molecular flexibility index (Phi) is 2.27. The Bertz CT molecular complexity index is 578. The van der Waals surface area contributed by atoms with Crippen LogP contribution in [0.1, 0.15) is 11.1 Å². The molecule has 0 fully saturated rings. The number of fused-ring (bicyclic) bond motifs is 2. The molecule has 0 saturated heterocycles. The number of hydrogen-bond acceptors (Lipinski definition) is 3. The fraction of sp³-hybridized carbons (Fsp3) is 0.143. The Labute approximate surface area is 99.7 Å². The first-order chi connectivity index (χ1) is 8.26. The van der Waals surface area contributed by atoms with E-state index in [9.17, 15) is 0 Å². The van der Waals surface area contributed by atoms with Crippen LogP contribution < -0.4 is 10.1 Å². The molecule has 86 valence electrons. The van der Waals surface area contributed by atoms with Crippen molar-refractivity contribution in [3.63, 3.8) is 0 Å². The molecule has 17 heavy (non-hydrogen) atoms. The van der Waals surface area contributed by atoms with Gasteiger partial charge in [-0.2, -0.15) is 0 Å². The molecule has 3 nitrogen and oxygen atoms in total. The van der Waals surface area contributed by atoms with Crippen LogP contribution in [0.4, 0.5) is 11.4 Å². The van der Waals surface area contributed by atoms with E-state index in [1.807, 2.05) is 43.3 Å². The highest BCUT2D eigenvalue weighted by Gasteiger charge is 2.16. The molecule has 0 bridgehead atoms. The summed E-state index contributed by atoms with van der Waals surface area (Å²) < 4.78 is 5.83. The third kappa shape index (κ3) is 1.74. The van der Waals surface area contributed by atoms with Crippen molar-refractivity contribution < 1.29 is 9.84 Å². The number of rotatable bonds is 1. The first-order valence-electron chi connectivity index (χ1n) is 5.55. The summed E-state index contributed by atoms with van der Waals surface area (Å²) in [5.41, 5.74) is 3.91. The Morgan fingerprint density at radius 1 is 1.06 bits per heavy atom. The van der Waals surface area contributed by atoms with Gasteiger partial charge in [-0.3, -0.25) is 0 Å². The summed E-state index contributed by atoms with van der Waals surface area (Å²) in [5.74, 6) is 1.59. The summed E-state index contributed by atoms with van der Waals surface area (Å²) in [7, 11) is 0. The van der Waals surface area contributed by atoms with E-state index in [-0.39, 0.29) is 6.61 Å². The number of aliphatic hydroxyl groups is 1. The predicted molar refractivity (Wildman–Crippen MR) is 66.9 cm³/mol. The van der Waals surface area contributed by atoms with Crippen molar-refractivity contribution in [2.75, 3.05) is 5.32 Å². The second-order valence-electron chi connectivity index (χ2n) is 4.22. The Balaban J connectivity index is 2.05. The van der Waals surface area contributed by atoms with Crippen molar-refractivity contribution in [1.82, 2.24) is 0 Å². The average Bonchev–Trinajstić information content (AvgIpc) is 2.35. The first kappa shape index (κ1) is 10.2. The van der Waals surface area contributed by atoms with E-state index in [1.54, 1.807) is 0 Å². The van der Waals surface area contributed by atoms with Gasteiger partial charge in [0.05, 0.1) is 18.0 Å². The number of anilines is 2. The van der Waals surface area contributed by atoms with Crippen LogP contribution in [0.25, 0.3) is 0 Å². The van der Waals surface area contributed by atoms with Crippen LogP contribution in [0.2, 0.25) is 0 Å². The van der Waals surface area contributed by atoms with E-state index in [2.05, 4.69) is 5.32 Å². The van der Waals surface area contributed by atoms with Crippen LogP contribution in [0, 0.1) is 6.92 Å². The monoisotopic (exact) mass is 227 g/mol. The molecule has 3 heteroatoms. The van der Waals surface area contributed by atoms with Gasteiger partial charge in [0.25, 0.3) is 0 Å². The lowest BCUT2D eigenvalue weighted by atomic mass is 10.1. The van der Waals surface area contributed by atoms with Gasteiger partial charge >= 0.3 is 0 Å². The molecule has 3 rings (SSSR count). The van der Waals surface area contributed by atoms with Crippen LogP contribution in [0.15, 0.2) is 36.4 Å². The molecule has 0 spiro atoms. The van der Waals surface area contributed by atoms with Crippen molar-refractivity contribution in [1.29, 1.82) is 0 Å².